The molecule has 3 rings (SSSR count). The Labute approximate surface area is 143 Å². The van der Waals surface area contributed by atoms with Crippen LogP contribution in [0.3, 0.4) is 0 Å². The summed E-state index contributed by atoms with van der Waals surface area (Å²) in [4.78, 5) is 29.1. The first-order valence-corrected chi connectivity index (χ1v) is 8.54. The van der Waals surface area contributed by atoms with Crippen molar-refractivity contribution in [2.75, 3.05) is 7.11 Å². The van der Waals surface area contributed by atoms with Crippen molar-refractivity contribution in [2.45, 2.75) is 26.3 Å². The minimum atomic E-state index is -0.489. The van der Waals surface area contributed by atoms with Crippen LogP contribution in [0.1, 0.15) is 46.4 Å². The third-order valence-electron chi connectivity index (χ3n) is 3.88. The number of hydrogen-bond acceptors (Lipinski definition) is 5. The Hall–Kier alpha value is -2.47. The van der Waals surface area contributed by atoms with Gasteiger partial charge in [-0.15, -0.1) is 11.3 Å². The monoisotopic (exact) mass is 342 g/mol. The molecule has 0 bridgehead atoms. The molecule has 3 aromatic rings. The number of Topliss-reactive ketones (excluding diaryl/α,β-unsaturated/α-hetero) is 1. The standard InChI is InChI=1S/C18H18N2O3S/c1-11(2)17-19-8-14(18(22)23-3)20(17)9-15(21)13-10-24-16-7-5-4-6-12(13)16/h4-8,10-11H,9H2,1-3H3. The molecule has 2 heterocycles. The highest BCUT2D eigenvalue weighted by molar-refractivity contribution is 7.17. The SMILES string of the molecule is COC(=O)c1cnc(C(C)C)n1CC(=O)c1csc2ccccc12. The molecule has 0 spiro atoms. The Balaban J connectivity index is 1.99. The van der Waals surface area contributed by atoms with Gasteiger partial charge in [-0.25, -0.2) is 9.78 Å². The van der Waals surface area contributed by atoms with Gasteiger partial charge in [0.05, 0.1) is 19.9 Å². The number of fused-ring (bicyclic) bond motifs is 1. The Morgan fingerprint density at radius 3 is 2.75 bits per heavy atom. The fourth-order valence-corrected chi connectivity index (χ4v) is 3.67. The lowest BCUT2D eigenvalue weighted by molar-refractivity contribution is 0.0588. The van der Waals surface area contributed by atoms with Crippen LogP contribution in [0.2, 0.25) is 0 Å². The highest BCUT2D eigenvalue weighted by atomic mass is 32.1. The highest BCUT2D eigenvalue weighted by Crippen LogP contribution is 2.27. The first-order chi connectivity index (χ1) is 11.5. The van der Waals surface area contributed by atoms with E-state index in [-0.39, 0.29) is 18.2 Å². The van der Waals surface area contributed by atoms with Crippen LogP contribution in [-0.4, -0.2) is 28.4 Å². The Bertz CT molecular complexity index is 908. The van der Waals surface area contributed by atoms with Crippen molar-refractivity contribution in [3.8, 4) is 0 Å². The number of ether oxygens (including phenoxy) is 1. The Kier molecular flexibility index (Phi) is 4.49. The summed E-state index contributed by atoms with van der Waals surface area (Å²) >= 11 is 1.54. The predicted octanol–water partition coefficient (Wildman–Crippen LogP) is 3.89. The largest absolute Gasteiger partial charge is 0.464 e. The van der Waals surface area contributed by atoms with E-state index >= 15 is 0 Å². The van der Waals surface area contributed by atoms with Gasteiger partial charge in [-0.05, 0) is 6.07 Å². The van der Waals surface area contributed by atoms with E-state index in [2.05, 4.69) is 4.98 Å². The number of aromatic nitrogens is 2. The lowest BCUT2D eigenvalue weighted by Crippen LogP contribution is -2.19. The van der Waals surface area contributed by atoms with E-state index in [1.54, 1.807) is 15.9 Å². The first-order valence-electron chi connectivity index (χ1n) is 7.66. The topological polar surface area (TPSA) is 61.2 Å². The molecule has 0 fully saturated rings. The van der Waals surface area contributed by atoms with Crippen molar-refractivity contribution in [1.29, 1.82) is 0 Å². The molecule has 0 aliphatic carbocycles. The minimum Gasteiger partial charge on any atom is -0.464 e. The van der Waals surface area contributed by atoms with Gasteiger partial charge in [0.2, 0.25) is 0 Å². The third kappa shape index (κ3) is 2.85. The summed E-state index contributed by atoms with van der Waals surface area (Å²) in [5.41, 5.74) is 0.976. The average Bonchev–Trinajstić information content (AvgIpc) is 3.18. The Morgan fingerprint density at radius 1 is 1.29 bits per heavy atom. The van der Waals surface area contributed by atoms with Crippen molar-refractivity contribution in [2.24, 2.45) is 0 Å². The van der Waals surface area contributed by atoms with Crippen molar-refractivity contribution < 1.29 is 14.3 Å². The van der Waals surface area contributed by atoms with Gasteiger partial charge in [0.1, 0.15) is 11.5 Å². The van der Waals surface area contributed by atoms with E-state index in [9.17, 15) is 9.59 Å². The van der Waals surface area contributed by atoms with Gasteiger partial charge >= 0.3 is 5.97 Å². The second-order valence-corrected chi connectivity index (χ2v) is 6.71. The molecule has 0 radical (unpaired) electrons. The van der Waals surface area contributed by atoms with Crippen LogP contribution in [0.5, 0.6) is 0 Å². The van der Waals surface area contributed by atoms with Crippen LogP contribution in [0, 0.1) is 0 Å². The predicted molar refractivity (Wildman–Crippen MR) is 93.8 cm³/mol. The number of hydrogen-bond donors (Lipinski definition) is 0. The molecule has 0 amide bonds. The zero-order valence-electron chi connectivity index (χ0n) is 13.8. The number of carbonyl (C=O) groups excluding carboxylic acids is 2. The molecule has 0 atom stereocenters. The smallest absolute Gasteiger partial charge is 0.356 e. The van der Waals surface area contributed by atoms with Crippen molar-refractivity contribution in [3.05, 3.63) is 52.9 Å². The molecule has 5 nitrogen and oxygen atoms in total. The molecule has 0 aliphatic heterocycles. The normalized spacial score (nSPS) is 11.2. The van der Waals surface area contributed by atoms with E-state index in [0.717, 1.165) is 10.1 Å². The van der Waals surface area contributed by atoms with E-state index in [4.69, 9.17) is 4.74 Å². The molecule has 0 aliphatic rings. The van der Waals surface area contributed by atoms with Gasteiger partial charge < -0.3 is 9.30 Å². The summed E-state index contributed by atoms with van der Waals surface area (Å²) in [6, 6.07) is 7.81. The maximum Gasteiger partial charge on any atom is 0.356 e. The molecule has 0 unspecified atom stereocenters. The second kappa shape index (κ2) is 6.57. The zero-order chi connectivity index (χ0) is 17.3. The van der Waals surface area contributed by atoms with Crippen LogP contribution >= 0.6 is 11.3 Å². The number of thiophene rings is 1. The fourth-order valence-electron chi connectivity index (χ4n) is 2.71. The maximum absolute atomic E-state index is 12.8. The molecule has 2 aromatic heterocycles. The summed E-state index contributed by atoms with van der Waals surface area (Å²) in [6.07, 6.45) is 1.47. The summed E-state index contributed by atoms with van der Waals surface area (Å²) in [6.45, 7) is 4.02. The van der Waals surface area contributed by atoms with Crippen molar-refractivity contribution in [1.82, 2.24) is 9.55 Å². The van der Waals surface area contributed by atoms with Crippen molar-refractivity contribution in [3.63, 3.8) is 0 Å². The number of rotatable bonds is 5. The lowest BCUT2D eigenvalue weighted by atomic mass is 10.1. The molecule has 6 heteroatoms. The maximum atomic E-state index is 12.8. The number of imidazole rings is 1. The van der Waals surface area contributed by atoms with E-state index in [1.165, 1.54) is 13.3 Å². The van der Waals surface area contributed by atoms with Gasteiger partial charge in [0.15, 0.2) is 5.78 Å². The summed E-state index contributed by atoms with van der Waals surface area (Å²) in [5.74, 6) is 0.258. The first kappa shape index (κ1) is 16.4. The van der Waals surface area contributed by atoms with Crippen LogP contribution in [0.4, 0.5) is 0 Å². The molecule has 124 valence electrons. The summed E-state index contributed by atoms with van der Waals surface area (Å²) in [7, 11) is 1.32. The average molecular weight is 342 g/mol. The molecule has 0 N–H and O–H groups in total. The van der Waals surface area contributed by atoms with Crippen LogP contribution in [-0.2, 0) is 11.3 Å². The third-order valence-corrected chi connectivity index (χ3v) is 4.84. The molecule has 24 heavy (non-hydrogen) atoms. The minimum absolute atomic E-state index is 0.0440. The number of nitrogens with zero attached hydrogens (tertiary/aromatic N) is 2. The van der Waals surface area contributed by atoms with E-state index in [1.807, 2.05) is 43.5 Å². The molecule has 0 saturated carbocycles. The highest BCUT2D eigenvalue weighted by Gasteiger charge is 2.22. The number of esters is 1. The number of ketones is 1. The van der Waals surface area contributed by atoms with E-state index < -0.39 is 5.97 Å². The quantitative estimate of drug-likeness (QED) is 0.521. The molecule has 1 aromatic carbocycles. The lowest BCUT2D eigenvalue weighted by Gasteiger charge is -2.12. The molecular weight excluding hydrogens is 324 g/mol. The zero-order valence-corrected chi connectivity index (χ0v) is 14.6. The molecule has 0 saturated heterocycles. The van der Waals surface area contributed by atoms with E-state index in [0.29, 0.717) is 17.1 Å². The van der Waals surface area contributed by atoms with Gasteiger partial charge in [-0.2, -0.15) is 0 Å². The number of benzene rings is 1. The van der Waals surface area contributed by atoms with Gasteiger partial charge in [-0.1, -0.05) is 32.0 Å². The Morgan fingerprint density at radius 2 is 2.04 bits per heavy atom. The number of carbonyl (C=O) groups is 2. The van der Waals surface area contributed by atoms with Crippen LogP contribution in [0.25, 0.3) is 10.1 Å². The molecular formula is C18H18N2O3S. The fraction of sp³-hybridized carbons (Fsp3) is 0.278. The van der Waals surface area contributed by atoms with Crippen LogP contribution < -0.4 is 0 Å². The summed E-state index contributed by atoms with van der Waals surface area (Å²) < 4.78 is 7.53. The second-order valence-electron chi connectivity index (χ2n) is 5.80. The van der Waals surface area contributed by atoms with Gasteiger partial charge in [0, 0.05) is 26.9 Å². The van der Waals surface area contributed by atoms with Crippen LogP contribution in [0.15, 0.2) is 35.8 Å². The number of methoxy groups -OCH3 is 1. The van der Waals surface area contributed by atoms with Gasteiger partial charge in [-0.3, -0.25) is 4.79 Å². The van der Waals surface area contributed by atoms with Gasteiger partial charge in [0.25, 0.3) is 0 Å². The van der Waals surface area contributed by atoms with Crippen molar-refractivity contribution >= 4 is 33.2 Å². The summed E-state index contributed by atoms with van der Waals surface area (Å²) in [5, 5.41) is 2.81.